The molecule has 1 unspecified atom stereocenters. The van der Waals surface area contributed by atoms with Crippen LogP contribution in [0.1, 0.15) is 18.9 Å². The Bertz CT molecular complexity index is 533. The molecule has 0 amide bonds. The molecule has 1 aromatic carbocycles. The lowest BCUT2D eigenvalue weighted by Crippen LogP contribution is -2.21. The highest BCUT2D eigenvalue weighted by atomic mass is 79.9. The molecule has 5 heteroatoms. The van der Waals surface area contributed by atoms with Gasteiger partial charge in [0, 0.05) is 27.8 Å². The van der Waals surface area contributed by atoms with E-state index in [4.69, 9.17) is 5.73 Å². The predicted molar refractivity (Wildman–Crippen MR) is 82.3 cm³/mol. The van der Waals surface area contributed by atoms with E-state index in [1.807, 2.05) is 0 Å². The topological polar surface area (TPSA) is 51.8 Å². The molecule has 100 valence electrons. The molecule has 2 rings (SSSR count). The number of hydrogen-bond donors (Lipinski definition) is 1. The summed E-state index contributed by atoms with van der Waals surface area (Å²) < 4.78 is 1.06. The molecule has 19 heavy (non-hydrogen) atoms. The van der Waals surface area contributed by atoms with Crippen molar-refractivity contribution >= 4 is 27.7 Å². The van der Waals surface area contributed by atoms with Gasteiger partial charge in [0.15, 0.2) is 0 Å². The van der Waals surface area contributed by atoms with Gasteiger partial charge in [0.25, 0.3) is 0 Å². The maximum atomic E-state index is 6.06. The average molecular weight is 338 g/mol. The van der Waals surface area contributed by atoms with Crippen molar-refractivity contribution in [1.29, 1.82) is 0 Å². The predicted octanol–water partition coefficient (Wildman–Crippen LogP) is 3.67. The first-order valence-corrected chi connectivity index (χ1v) is 7.78. The van der Waals surface area contributed by atoms with Gasteiger partial charge in [-0.05, 0) is 30.5 Å². The largest absolute Gasteiger partial charge is 0.327 e. The van der Waals surface area contributed by atoms with Crippen molar-refractivity contribution < 1.29 is 0 Å². The molecule has 1 aromatic heterocycles. The van der Waals surface area contributed by atoms with Gasteiger partial charge >= 0.3 is 0 Å². The van der Waals surface area contributed by atoms with Gasteiger partial charge in [-0.15, -0.1) is 0 Å². The molecule has 1 heterocycles. The zero-order chi connectivity index (χ0) is 13.7. The first-order chi connectivity index (χ1) is 9.19. The van der Waals surface area contributed by atoms with Crippen LogP contribution in [0.5, 0.6) is 0 Å². The Morgan fingerprint density at radius 1 is 1.37 bits per heavy atom. The van der Waals surface area contributed by atoms with E-state index < -0.39 is 0 Å². The highest BCUT2D eigenvalue weighted by molar-refractivity contribution is 9.10. The molecule has 0 aliphatic rings. The van der Waals surface area contributed by atoms with Crippen molar-refractivity contribution in [3.8, 4) is 0 Å². The van der Waals surface area contributed by atoms with Crippen LogP contribution >= 0.6 is 27.7 Å². The summed E-state index contributed by atoms with van der Waals surface area (Å²) in [5.74, 6) is 0. The van der Waals surface area contributed by atoms with E-state index in [0.717, 1.165) is 22.3 Å². The number of nitrogens with two attached hydrogens (primary N) is 1. The highest BCUT2D eigenvalue weighted by Crippen LogP contribution is 2.31. The maximum absolute atomic E-state index is 6.06. The third kappa shape index (κ3) is 4.30. The second kappa shape index (κ2) is 7.03. The molecule has 0 bridgehead atoms. The lowest BCUT2D eigenvalue weighted by atomic mass is 10.1. The molecule has 0 aliphatic heterocycles. The van der Waals surface area contributed by atoms with Gasteiger partial charge < -0.3 is 5.73 Å². The standard InChI is InChI=1S/C14H16BrN3S/c1-2-12(16)7-10-3-4-11(15)8-13(10)19-14-9-17-5-6-18-14/h3-6,8-9,12H,2,7,16H2,1H3. The Kier molecular flexibility index (Phi) is 5.36. The Labute approximate surface area is 126 Å². The zero-order valence-electron chi connectivity index (χ0n) is 10.7. The first-order valence-electron chi connectivity index (χ1n) is 6.17. The number of nitrogens with zero attached hydrogens (tertiary/aromatic N) is 2. The van der Waals surface area contributed by atoms with Crippen molar-refractivity contribution in [2.75, 3.05) is 0 Å². The molecule has 2 N–H and O–H groups in total. The summed E-state index contributed by atoms with van der Waals surface area (Å²) in [4.78, 5) is 9.57. The Balaban J connectivity index is 2.24. The van der Waals surface area contributed by atoms with Crippen molar-refractivity contribution in [2.24, 2.45) is 5.73 Å². The van der Waals surface area contributed by atoms with Crippen LogP contribution < -0.4 is 5.73 Å². The number of benzene rings is 1. The third-order valence-electron chi connectivity index (χ3n) is 2.79. The molecule has 3 nitrogen and oxygen atoms in total. The van der Waals surface area contributed by atoms with E-state index in [0.29, 0.717) is 0 Å². The van der Waals surface area contributed by atoms with Crippen molar-refractivity contribution in [2.45, 2.75) is 35.7 Å². The minimum Gasteiger partial charge on any atom is -0.327 e. The first kappa shape index (κ1) is 14.5. The van der Waals surface area contributed by atoms with E-state index in [9.17, 15) is 0 Å². The summed E-state index contributed by atoms with van der Waals surface area (Å²) in [7, 11) is 0. The fourth-order valence-corrected chi connectivity index (χ4v) is 3.10. The van der Waals surface area contributed by atoms with Crippen LogP contribution in [0, 0.1) is 0 Å². The van der Waals surface area contributed by atoms with E-state index >= 15 is 0 Å². The van der Waals surface area contributed by atoms with Crippen LogP contribution in [0.4, 0.5) is 0 Å². The van der Waals surface area contributed by atoms with Crippen LogP contribution in [0.15, 0.2) is 51.2 Å². The fraction of sp³-hybridized carbons (Fsp3) is 0.286. The van der Waals surface area contributed by atoms with Gasteiger partial charge in [0.1, 0.15) is 5.03 Å². The van der Waals surface area contributed by atoms with Crippen LogP contribution in [0.2, 0.25) is 0 Å². The van der Waals surface area contributed by atoms with Crippen LogP contribution in [-0.4, -0.2) is 16.0 Å². The Hall–Kier alpha value is -0.910. The normalized spacial score (nSPS) is 12.4. The zero-order valence-corrected chi connectivity index (χ0v) is 13.1. The molecule has 0 spiro atoms. The molecular formula is C14H16BrN3S. The molecule has 0 radical (unpaired) electrons. The highest BCUT2D eigenvalue weighted by Gasteiger charge is 2.09. The van der Waals surface area contributed by atoms with Crippen molar-refractivity contribution in [3.05, 3.63) is 46.8 Å². The molecule has 0 saturated carbocycles. The lowest BCUT2D eigenvalue weighted by Gasteiger charge is -2.13. The van der Waals surface area contributed by atoms with Gasteiger partial charge in [-0.3, -0.25) is 4.98 Å². The lowest BCUT2D eigenvalue weighted by molar-refractivity contribution is 0.641. The second-order valence-electron chi connectivity index (χ2n) is 4.27. The summed E-state index contributed by atoms with van der Waals surface area (Å²) in [5, 5.41) is 0.895. The summed E-state index contributed by atoms with van der Waals surface area (Å²) >= 11 is 5.13. The maximum Gasteiger partial charge on any atom is 0.119 e. The Morgan fingerprint density at radius 3 is 2.89 bits per heavy atom. The summed E-state index contributed by atoms with van der Waals surface area (Å²) in [6, 6.07) is 6.48. The fourth-order valence-electron chi connectivity index (χ4n) is 1.67. The van der Waals surface area contributed by atoms with E-state index in [1.165, 1.54) is 10.5 Å². The number of halogens is 1. The minimum absolute atomic E-state index is 0.197. The SMILES string of the molecule is CCC(N)Cc1ccc(Br)cc1Sc1cnccn1. The molecule has 0 saturated heterocycles. The Morgan fingerprint density at radius 2 is 2.21 bits per heavy atom. The summed E-state index contributed by atoms with van der Waals surface area (Å²) in [6.07, 6.45) is 7.02. The average Bonchev–Trinajstić information content (AvgIpc) is 2.43. The van der Waals surface area contributed by atoms with Crippen LogP contribution in [-0.2, 0) is 6.42 Å². The van der Waals surface area contributed by atoms with E-state index in [1.54, 1.807) is 30.4 Å². The molecule has 0 aliphatic carbocycles. The van der Waals surface area contributed by atoms with Gasteiger partial charge in [-0.2, -0.15) is 0 Å². The molecule has 0 fully saturated rings. The van der Waals surface area contributed by atoms with E-state index in [2.05, 4.69) is 51.0 Å². The quantitative estimate of drug-likeness (QED) is 0.904. The van der Waals surface area contributed by atoms with Gasteiger partial charge in [-0.25, -0.2) is 4.98 Å². The smallest absolute Gasteiger partial charge is 0.119 e. The van der Waals surface area contributed by atoms with Crippen molar-refractivity contribution in [1.82, 2.24) is 9.97 Å². The third-order valence-corrected chi connectivity index (χ3v) is 4.30. The monoisotopic (exact) mass is 337 g/mol. The number of hydrogen-bond acceptors (Lipinski definition) is 4. The van der Waals surface area contributed by atoms with Crippen molar-refractivity contribution in [3.63, 3.8) is 0 Å². The van der Waals surface area contributed by atoms with Gasteiger partial charge in [0.05, 0.1) is 6.20 Å². The van der Waals surface area contributed by atoms with E-state index in [-0.39, 0.29) is 6.04 Å². The molecule has 2 aromatic rings. The summed E-state index contributed by atoms with van der Waals surface area (Å²) in [6.45, 7) is 2.11. The van der Waals surface area contributed by atoms with Gasteiger partial charge in [-0.1, -0.05) is 40.7 Å². The number of rotatable bonds is 5. The molecular weight excluding hydrogens is 322 g/mol. The minimum atomic E-state index is 0.197. The number of aromatic nitrogens is 2. The van der Waals surface area contributed by atoms with Gasteiger partial charge in [0.2, 0.25) is 0 Å². The summed E-state index contributed by atoms with van der Waals surface area (Å²) in [5.41, 5.74) is 7.31. The van der Waals surface area contributed by atoms with Crippen LogP contribution in [0.3, 0.4) is 0 Å². The molecule has 1 atom stereocenters. The van der Waals surface area contributed by atoms with Crippen LogP contribution in [0.25, 0.3) is 0 Å². The second-order valence-corrected chi connectivity index (χ2v) is 6.25.